The van der Waals surface area contributed by atoms with Crippen molar-refractivity contribution >= 4 is 0 Å². The van der Waals surface area contributed by atoms with Crippen LogP contribution in [0, 0.1) is 5.41 Å². The summed E-state index contributed by atoms with van der Waals surface area (Å²) in [6.45, 7) is 8.62. The number of hydrogen-bond donors (Lipinski definition) is 0. The van der Waals surface area contributed by atoms with Crippen LogP contribution in [0.25, 0.3) is 0 Å². The van der Waals surface area contributed by atoms with Crippen molar-refractivity contribution in [2.45, 2.75) is 85.2 Å². The monoisotopic (exact) mass is 216 g/mol. The minimum atomic E-state index is -0.589. The maximum absolute atomic E-state index is 13.6. The molecule has 0 aromatic carbocycles. The lowest BCUT2D eigenvalue weighted by Crippen LogP contribution is -2.24. The molecule has 0 saturated carbocycles. The Kier molecular flexibility index (Phi) is 8.09. The maximum atomic E-state index is 13.6. The normalized spacial score (nSPS) is 17.4. The second-order valence-corrected chi connectivity index (χ2v) is 4.92. The van der Waals surface area contributed by atoms with Crippen LogP contribution in [0.2, 0.25) is 0 Å². The van der Waals surface area contributed by atoms with E-state index in [9.17, 15) is 4.39 Å². The largest absolute Gasteiger partial charge is 0.247 e. The van der Waals surface area contributed by atoms with Gasteiger partial charge in [-0.15, -0.1) is 0 Å². The third-order valence-electron chi connectivity index (χ3n) is 3.69. The van der Waals surface area contributed by atoms with Gasteiger partial charge in [0.05, 0.1) is 0 Å². The van der Waals surface area contributed by atoms with Gasteiger partial charge in [0.2, 0.25) is 0 Å². The van der Waals surface area contributed by atoms with Crippen LogP contribution >= 0.6 is 0 Å². The molecule has 0 aliphatic carbocycles. The Hall–Kier alpha value is -0.0700. The van der Waals surface area contributed by atoms with Crippen molar-refractivity contribution in [3.05, 3.63) is 0 Å². The highest BCUT2D eigenvalue weighted by Gasteiger charge is 2.29. The number of halogens is 1. The molecule has 0 N–H and O–H groups in total. The SMILES string of the molecule is CCCCC(CC)(CCC)CC(F)CC. The fraction of sp³-hybridized carbons (Fsp3) is 1.00. The molecule has 0 aromatic heterocycles. The van der Waals surface area contributed by atoms with Gasteiger partial charge in [-0.25, -0.2) is 4.39 Å². The van der Waals surface area contributed by atoms with Crippen LogP contribution in [0.4, 0.5) is 4.39 Å². The molecule has 0 aromatic rings. The topological polar surface area (TPSA) is 0 Å². The number of unbranched alkanes of at least 4 members (excludes halogenated alkanes) is 1. The lowest BCUT2D eigenvalue weighted by molar-refractivity contribution is 0.135. The van der Waals surface area contributed by atoms with E-state index in [1.165, 1.54) is 32.1 Å². The number of hydrogen-bond acceptors (Lipinski definition) is 0. The first-order valence-electron chi connectivity index (χ1n) is 6.78. The molecule has 15 heavy (non-hydrogen) atoms. The molecule has 0 aliphatic heterocycles. The molecule has 0 rings (SSSR count). The van der Waals surface area contributed by atoms with Gasteiger partial charge in [0, 0.05) is 0 Å². The summed E-state index contributed by atoms with van der Waals surface area (Å²) < 4.78 is 13.6. The van der Waals surface area contributed by atoms with Gasteiger partial charge in [0.15, 0.2) is 0 Å². The second kappa shape index (κ2) is 8.13. The third-order valence-corrected chi connectivity index (χ3v) is 3.69. The van der Waals surface area contributed by atoms with Crippen molar-refractivity contribution in [3.8, 4) is 0 Å². The van der Waals surface area contributed by atoms with Crippen LogP contribution in [-0.2, 0) is 0 Å². The molecule has 0 fully saturated rings. The predicted octanol–water partition coefficient (Wildman–Crippen LogP) is 5.51. The number of rotatable bonds is 9. The van der Waals surface area contributed by atoms with Gasteiger partial charge in [-0.05, 0) is 31.1 Å². The summed E-state index contributed by atoms with van der Waals surface area (Å²) in [5.41, 5.74) is 0.292. The highest BCUT2D eigenvalue weighted by molar-refractivity contribution is 4.80. The molecule has 1 heteroatoms. The van der Waals surface area contributed by atoms with Crippen molar-refractivity contribution in [3.63, 3.8) is 0 Å². The van der Waals surface area contributed by atoms with Crippen molar-refractivity contribution in [2.24, 2.45) is 5.41 Å². The Bertz CT molecular complexity index is 144. The summed E-state index contributed by atoms with van der Waals surface area (Å²) in [4.78, 5) is 0. The Morgan fingerprint density at radius 2 is 1.67 bits per heavy atom. The molecule has 0 spiro atoms. The van der Waals surface area contributed by atoms with E-state index in [2.05, 4.69) is 20.8 Å². The maximum Gasteiger partial charge on any atom is 0.100 e. The van der Waals surface area contributed by atoms with Gasteiger partial charge in [-0.1, -0.05) is 53.4 Å². The summed E-state index contributed by atoms with van der Waals surface area (Å²) in [7, 11) is 0. The minimum absolute atomic E-state index is 0.292. The van der Waals surface area contributed by atoms with Crippen LogP contribution < -0.4 is 0 Å². The molecule has 0 aliphatic rings. The summed E-state index contributed by atoms with van der Waals surface area (Å²) >= 11 is 0. The zero-order valence-corrected chi connectivity index (χ0v) is 11.1. The smallest absolute Gasteiger partial charge is 0.100 e. The van der Waals surface area contributed by atoms with E-state index in [1.807, 2.05) is 6.92 Å². The molecule has 2 atom stereocenters. The molecule has 2 unspecified atom stereocenters. The van der Waals surface area contributed by atoms with Crippen LogP contribution in [-0.4, -0.2) is 6.17 Å². The number of alkyl halides is 1. The Labute approximate surface area is 95.6 Å². The molecule has 92 valence electrons. The molecule has 0 radical (unpaired) electrons. The van der Waals surface area contributed by atoms with Crippen molar-refractivity contribution in [1.29, 1.82) is 0 Å². The van der Waals surface area contributed by atoms with Gasteiger partial charge < -0.3 is 0 Å². The molecule has 0 nitrogen and oxygen atoms in total. The van der Waals surface area contributed by atoms with E-state index in [4.69, 9.17) is 0 Å². The average molecular weight is 216 g/mol. The molecule has 0 saturated heterocycles. The summed E-state index contributed by atoms with van der Waals surface area (Å²) in [5, 5.41) is 0. The van der Waals surface area contributed by atoms with E-state index in [1.54, 1.807) is 0 Å². The van der Waals surface area contributed by atoms with Gasteiger partial charge in [0.25, 0.3) is 0 Å². The second-order valence-electron chi connectivity index (χ2n) is 4.92. The van der Waals surface area contributed by atoms with Crippen LogP contribution in [0.5, 0.6) is 0 Å². The molecular weight excluding hydrogens is 187 g/mol. The highest BCUT2D eigenvalue weighted by atomic mass is 19.1. The van der Waals surface area contributed by atoms with E-state index in [0.717, 1.165) is 12.8 Å². The quantitative estimate of drug-likeness (QED) is 0.476. The lowest BCUT2D eigenvalue weighted by atomic mass is 9.72. The van der Waals surface area contributed by atoms with Crippen molar-refractivity contribution < 1.29 is 4.39 Å². The van der Waals surface area contributed by atoms with Crippen molar-refractivity contribution in [1.82, 2.24) is 0 Å². The predicted molar refractivity (Wildman–Crippen MR) is 67.0 cm³/mol. The van der Waals surface area contributed by atoms with Crippen LogP contribution in [0.3, 0.4) is 0 Å². The van der Waals surface area contributed by atoms with E-state index >= 15 is 0 Å². The fourth-order valence-corrected chi connectivity index (χ4v) is 2.52. The third kappa shape index (κ3) is 5.53. The zero-order valence-electron chi connectivity index (χ0n) is 11.1. The van der Waals surface area contributed by atoms with Gasteiger partial charge in [-0.2, -0.15) is 0 Å². The first kappa shape index (κ1) is 14.9. The van der Waals surface area contributed by atoms with Gasteiger partial charge in [-0.3, -0.25) is 0 Å². The Morgan fingerprint density at radius 1 is 1.00 bits per heavy atom. The van der Waals surface area contributed by atoms with E-state index in [-0.39, 0.29) is 0 Å². The Balaban J connectivity index is 4.34. The molecule has 0 amide bonds. The Morgan fingerprint density at radius 3 is 2.07 bits per heavy atom. The summed E-state index contributed by atoms with van der Waals surface area (Å²) in [6.07, 6.45) is 8.10. The standard InChI is InChI=1S/C14H29F/c1-5-9-11-14(8-4,10-6-2)12-13(15)7-3/h13H,5-12H2,1-4H3. The molecule has 0 heterocycles. The molecule has 0 bridgehead atoms. The fourth-order valence-electron chi connectivity index (χ4n) is 2.52. The lowest BCUT2D eigenvalue weighted by Gasteiger charge is -2.34. The van der Waals surface area contributed by atoms with Crippen LogP contribution in [0.1, 0.15) is 79.1 Å². The van der Waals surface area contributed by atoms with E-state index in [0.29, 0.717) is 11.8 Å². The van der Waals surface area contributed by atoms with Gasteiger partial charge in [0.1, 0.15) is 6.17 Å². The van der Waals surface area contributed by atoms with Crippen LogP contribution in [0.15, 0.2) is 0 Å². The average Bonchev–Trinajstić information content (AvgIpc) is 2.26. The summed E-state index contributed by atoms with van der Waals surface area (Å²) in [6, 6.07) is 0. The summed E-state index contributed by atoms with van der Waals surface area (Å²) in [5.74, 6) is 0. The van der Waals surface area contributed by atoms with E-state index < -0.39 is 6.17 Å². The van der Waals surface area contributed by atoms with Crippen molar-refractivity contribution in [2.75, 3.05) is 0 Å². The zero-order chi connectivity index (χ0) is 11.7. The molecular formula is C14H29F. The first-order chi connectivity index (χ1) is 7.14. The minimum Gasteiger partial charge on any atom is -0.247 e. The van der Waals surface area contributed by atoms with Gasteiger partial charge >= 0.3 is 0 Å². The first-order valence-corrected chi connectivity index (χ1v) is 6.78. The highest BCUT2D eigenvalue weighted by Crippen LogP contribution is 2.39.